The lowest BCUT2D eigenvalue weighted by molar-refractivity contribution is -0.117. The van der Waals surface area contributed by atoms with Crippen LogP contribution in [-0.4, -0.2) is 24.6 Å². The van der Waals surface area contributed by atoms with Crippen molar-refractivity contribution >= 4 is 40.7 Å². The molecule has 6 nitrogen and oxygen atoms in total. The number of rotatable bonds is 7. The number of benzene rings is 2. The van der Waals surface area contributed by atoms with Crippen LogP contribution in [0.5, 0.6) is 0 Å². The van der Waals surface area contributed by atoms with Crippen LogP contribution in [0.25, 0.3) is 0 Å². The average Bonchev–Trinajstić information content (AvgIpc) is 2.67. The fourth-order valence-electron chi connectivity index (χ4n) is 2.51. The Morgan fingerprint density at radius 3 is 2.41 bits per heavy atom. The van der Waals surface area contributed by atoms with Gasteiger partial charge in [-0.1, -0.05) is 69.9 Å². The highest BCUT2D eigenvalue weighted by Crippen LogP contribution is 2.25. The van der Waals surface area contributed by atoms with E-state index in [2.05, 4.69) is 15.6 Å². The van der Waals surface area contributed by atoms with Crippen LogP contribution in [-0.2, 0) is 21.1 Å². The lowest BCUT2D eigenvalue weighted by atomic mass is 10.1. The molecule has 0 atom stereocenters. The molecule has 0 aliphatic carbocycles. The van der Waals surface area contributed by atoms with E-state index >= 15 is 0 Å². The van der Waals surface area contributed by atoms with Gasteiger partial charge in [0.05, 0.1) is 10.0 Å². The topological polar surface area (TPSA) is 72.3 Å². The summed E-state index contributed by atoms with van der Waals surface area (Å²) in [7, 11) is 1.40. The first kappa shape index (κ1) is 22.5. The van der Waals surface area contributed by atoms with Crippen molar-refractivity contribution in [2.24, 2.45) is 10.3 Å². The molecule has 0 spiro atoms. The Balaban J connectivity index is 2.31. The van der Waals surface area contributed by atoms with Crippen molar-refractivity contribution in [2.45, 2.75) is 20.5 Å². The number of oxime groups is 2. The van der Waals surface area contributed by atoms with Crippen LogP contribution in [0.2, 0.25) is 10.0 Å². The highest BCUT2D eigenvalue weighted by Gasteiger charge is 2.13. The van der Waals surface area contributed by atoms with E-state index in [1.807, 2.05) is 31.2 Å². The van der Waals surface area contributed by atoms with Crippen molar-refractivity contribution < 1.29 is 14.5 Å². The molecule has 2 aromatic carbocycles. The monoisotopic (exact) mass is 433 g/mol. The second-order valence-corrected chi connectivity index (χ2v) is 6.62. The molecule has 152 valence electrons. The van der Waals surface area contributed by atoms with E-state index in [-0.39, 0.29) is 18.3 Å². The number of nitrogens with one attached hydrogen (secondary N) is 1. The number of amidine groups is 1. The van der Waals surface area contributed by atoms with Gasteiger partial charge in [-0.25, -0.2) is 0 Å². The van der Waals surface area contributed by atoms with Gasteiger partial charge in [0.2, 0.25) is 5.91 Å². The zero-order valence-corrected chi connectivity index (χ0v) is 17.8. The number of carbonyl (C=O) groups excluding carboxylic acids is 1. The SMILES string of the molecule is C/C=C/C(=N\OCc1ccccc1/C(=N/OC)NC(C)=O)c1c(Cl)cccc1Cl. The van der Waals surface area contributed by atoms with Gasteiger partial charge < -0.3 is 15.0 Å². The van der Waals surface area contributed by atoms with E-state index in [0.29, 0.717) is 26.9 Å². The largest absolute Gasteiger partial charge is 0.397 e. The van der Waals surface area contributed by atoms with E-state index in [1.54, 1.807) is 30.3 Å². The fraction of sp³-hybridized carbons (Fsp3) is 0.190. The Morgan fingerprint density at radius 1 is 1.10 bits per heavy atom. The Labute approximate surface area is 179 Å². The first-order valence-corrected chi connectivity index (χ1v) is 9.47. The lowest BCUT2D eigenvalue weighted by Gasteiger charge is -2.12. The van der Waals surface area contributed by atoms with Crippen LogP contribution < -0.4 is 5.32 Å². The maximum atomic E-state index is 11.5. The molecule has 8 heteroatoms. The molecule has 0 fully saturated rings. The van der Waals surface area contributed by atoms with Crippen LogP contribution in [0.3, 0.4) is 0 Å². The van der Waals surface area contributed by atoms with Gasteiger partial charge in [-0.3, -0.25) is 4.79 Å². The maximum absolute atomic E-state index is 11.5. The van der Waals surface area contributed by atoms with E-state index in [0.717, 1.165) is 5.56 Å². The average molecular weight is 434 g/mol. The molecule has 1 amide bonds. The summed E-state index contributed by atoms with van der Waals surface area (Å²) in [6.07, 6.45) is 3.57. The van der Waals surface area contributed by atoms with Gasteiger partial charge in [-0.15, -0.1) is 0 Å². The molecule has 1 N–H and O–H groups in total. The second-order valence-electron chi connectivity index (χ2n) is 5.81. The first-order valence-electron chi connectivity index (χ1n) is 8.72. The lowest BCUT2D eigenvalue weighted by Crippen LogP contribution is -2.30. The van der Waals surface area contributed by atoms with E-state index < -0.39 is 0 Å². The summed E-state index contributed by atoms with van der Waals surface area (Å²) in [6, 6.07) is 12.5. The molecule has 0 radical (unpaired) electrons. The normalized spacial score (nSPS) is 12.2. The molecule has 2 rings (SSSR count). The van der Waals surface area contributed by atoms with E-state index in [1.165, 1.54) is 14.0 Å². The Kier molecular flexibility index (Phi) is 8.70. The van der Waals surface area contributed by atoms with Gasteiger partial charge >= 0.3 is 0 Å². The maximum Gasteiger partial charge on any atom is 0.222 e. The molecule has 2 aromatic rings. The van der Waals surface area contributed by atoms with Crippen molar-refractivity contribution in [1.82, 2.24) is 5.32 Å². The Hall–Kier alpha value is -2.83. The zero-order valence-electron chi connectivity index (χ0n) is 16.3. The van der Waals surface area contributed by atoms with Gasteiger partial charge in [0, 0.05) is 23.6 Å². The van der Waals surface area contributed by atoms with Crippen molar-refractivity contribution in [2.75, 3.05) is 7.11 Å². The van der Waals surface area contributed by atoms with Gasteiger partial charge in [0.15, 0.2) is 5.84 Å². The predicted molar refractivity (Wildman–Crippen MR) is 116 cm³/mol. The molecule has 0 saturated heterocycles. The van der Waals surface area contributed by atoms with Crippen molar-refractivity contribution in [3.05, 3.63) is 81.4 Å². The summed E-state index contributed by atoms with van der Waals surface area (Å²) in [5.41, 5.74) is 2.49. The van der Waals surface area contributed by atoms with Crippen molar-refractivity contribution in [3.63, 3.8) is 0 Å². The summed E-state index contributed by atoms with van der Waals surface area (Å²) >= 11 is 12.6. The molecule has 0 aliphatic heterocycles. The molecular weight excluding hydrogens is 413 g/mol. The van der Waals surface area contributed by atoms with E-state index in [9.17, 15) is 4.79 Å². The van der Waals surface area contributed by atoms with Gasteiger partial charge in [0.25, 0.3) is 0 Å². The highest BCUT2D eigenvalue weighted by atomic mass is 35.5. The first-order chi connectivity index (χ1) is 14.0. The molecule has 29 heavy (non-hydrogen) atoms. The minimum Gasteiger partial charge on any atom is -0.397 e. The van der Waals surface area contributed by atoms with Crippen LogP contribution >= 0.6 is 23.2 Å². The summed E-state index contributed by atoms with van der Waals surface area (Å²) in [5, 5.41) is 11.7. The van der Waals surface area contributed by atoms with Crippen LogP contribution in [0.4, 0.5) is 0 Å². The smallest absolute Gasteiger partial charge is 0.222 e. The quantitative estimate of drug-likeness (QED) is 0.381. The molecule has 0 aromatic heterocycles. The number of hydrogen-bond acceptors (Lipinski definition) is 5. The van der Waals surface area contributed by atoms with Crippen LogP contribution in [0, 0.1) is 0 Å². The van der Waals surface area contributed by atoms with E-state index in [4.69, 9.17) is 32.9 Å². The number of amides is 1. The van der Waals surface area contributed by atoms with Crippen LogP contribution in [0.15, 0.2) is 64.9 Å². The molecule has 0 aliphatic rings. The Morgan fingerprint density at radius 2 is 1.79 bits per heavy atom. The number of hydrogen-bond donors (Lipinski definition) is 1. The molecule has 0 bridgehead atoms. The second kappa shape index (κ2) is 11.2. The predicted octanol–water partition coefficient (Wildman–Crippen LogP) is 4.93. The molecule has 0 heterocycles. The fourth-order valence-corrected chi connectivity index (χ4v) is 3.10. The summed E-state index contributed by atoms with van der Waals surface area (Å²) in [6.45, 7) is 3.38. The minimum absolute atomic E-state index is 0.127. The van der Waals surface area contributed by atoms with Crippen molar-refractivity contribution in [1.29, 1.82) is 0 Å². The Bertz CT molecular complexity index is 936. The van der Waals surface area contributed by atoms with Crippen LogP contribution in [0.1, 0.15) is 30.5 Å². The molecule has 0 saturated carbocycles. The highest BCUT2D eigenvalue weighted by molar-refractivity contribution is 6.41. The van der Waals surface area contributed by atoms with Crippen molar-refractivity contribution in [3.8, 4) is 0 Å². The third kappa shape index (κ3) is 6.34. The number of halogens is 2. The van der Waals surface area contributed by atoms with Gasteiger partial charge in [-0.05, 0) is 25.1 Å². The third-order valence-electron chi connectivity index (χ3n) is 3.68. The van der Waals surface area contributed by atoms with Gasteiger partial charge in [0.1, 0.15) is 19.4 Å². The zero-order chi connectivity index (χ0) is 21.2. The number of carbonyl (C=O) groups is 1. The standard InChI is InChI=1S/C21H21Cl2N3O3/c1-4-8-19(20-17(22)11-7-12-18(20)23)25-29-13-15-9-5-6-10-16(15)21(26-28-3)24-14(2)27/h4-12H,13H2,1-3H3,(H,24,26,27)/b8-4+,25-19+. The summed E-state index contributed by atoms with van der Waals surface area (Å²) in [4.78, 5) is 21.9. The molecular formula is C21H21Cl2N3O3. The third-order valence-corrected chi connectivity index (χ3v) is 4.31. The van der Waals surface area contributed by atoms with Gasteiger partial charge in [-0.2, -0.15) is 0 Å². The summed E-state index contributed by atoms with van der Waals surface area (Å²) < 4.78 is 0. The summed E-state index contributed by atoms with van der Waals surface area (Å²) in [5.74, 6) is 0.0179. The number of allylic oxidation sites excluding steroid dienone is 2. The molecule has 0 unspecified atom stereocenters. The number of nitrogens with zero attached hydrogens (tertiary/aromatic N) is 2. The minimum atomic E-state index is -0.265.